The zero-order valence-corrected chi connectivity index (χ0v) is 10.4. The molecule has 0 amide bonds. The molecule has 13 heavy (non-hydrogen) atoms. The lowest BCUT2D eigenvalue weighted by molar-refractivity contribution is 0.0886. The molecule has 0 spiro atoms. The van der Waals surface area contributed by atoms with Gasteiger partial charge in [0.25, 0.3) is 0 Å². The van der Waals surface area contributed by atoms with Gasteiger partial charge in [0.05, 0.1) is 0 Å². The maximum atomic E-state index is 2.46. The van der Waals surface area contributed by atoms with E-state index in [2.05, 4.69) is 48.5 Å². The van der Waals surface area contributed by atoms with Crippen molar-refractivity contribution in [3.63, 3.8) is 0 Å². The lowest BCUT2D eigenvalue weighted by Crippen LogP contribution is -2.33. The maximum absolute atomic E-state index is 2.46. The van der Waals surface area contributed by atoms with E-state index < -0.39 is 0 Å². The van der Waals surface area contributed by atoms with Crippen LogP contribution in [-0.4, -0.2) is 0 Å². The van der Waals surface area contributed by atoms with Gasteiger partial charge in [0.1, 0.15) is 0 Å². The van der Waals surface area contributed by atoms with E-state index in [1.165, 1.54) is 6.42 Å². The van der Waals surface area contributed by atoms with E-state index in [4.69, 9.17) is 0 Å². The summed E-state index contributed by atoms with van der Waals surface area (Å²) in [5, 5.41) is 0. The summed E-state index contributed by atoms with van der Waals surface area (Å²) in [5.41, 5.74) is 1.13. The van der Waals surface area contributed by atoms with Crippen LogP contribution in [-0.2, 0) is 0 Å². The van der Waals surface area contributed by atoms with Gasteiger partial charge in [-0.1, -0.05) is 48.5 Å². The van der Waals surface area contributed by atoms with E-state index in [1.807, 2.05) is 0 Å². The SMILES string of the molecule is CCC1(C(C)(C)C(C)C)C(C)C1C. The van der Waals surface area contributed by atoms with E-state index in [0.29, 0.717) is 10.8 Å². The Bertz CT molecular complexity index is 180. The summed E-state index contributed by atoms with van der Waals surface area (Å²) in [4.78, 5) is 0. The first-order valence-corrected chi connectivity index (χ1v) is 5.82. The van der Waals surface area contributed by atoms with Crippen molar-refractivity contribution in [3.05, 3.63) is 0 Å². The van der Waals surface area contributed by atoms with Gasteiger partial charge in [-0.25, -0.2) is 0 Å². The third kappa shape index (κ3) is 1.17. The predicted molar refractivity (Wildman–Crippen MR) is 59.7 cm³/mol. The van der Waals surface area contributed by atoms with Crippen LogP contribution in [0.4, 0.5) is 0 Å². The van der Waals surface area contributed by atoms with Gasteiger partial charge in [-0.05, 0) is 35.0 Å². The Labute approximate surface area is 84.1 Å². The molecule has 0 aliphatic heterocycles. The zero-order valence-electron chi connectivity index (χ0n) is 10.4. The van der Waals surface area contributed by atoms with E-state index in [1.54, 1.807) is 0 Å². The van der Waals surface area contributed by atoms with Crippen molar-refractivity contribution in [3.8, 4) is 0 Å². The molecule has 0 aromatic carbocycles. The van der Waals surface area contributed by atoms with Crippen LogP contribution in [0, 0.1) is 28.6 Å². The van der Waals surface area contributed by atoms with Gasteiger partial charge in [-0.15, -0.1) is 0 Å². The van der Waals surface area contributed by atoms with E-state index in [9.17, 15) is 0 Å². The molecule has 0 bridgehead atoms. The molecule has 1 fully saturated rings. The lowest BCUT2D eigenvalue weighted by atomic mass is 9.65. The smallest absolute Gasteiger partial charge is 0.0190 e. The topological polar surface area (TPSA) is 0 Å². The summed E-state index contributed by atoms with van der Waals surface area (Å²) < 4.78 is 0. The minimum atomic E-state index is 0.501. The Morgan fingerprint density at radius 3 is 1.62 bits per heavy atom. The monoisotopic (exact) mass is 182 g/mol. The Hall–Kier alpha value is 0. The van der Waals surface area contributed by atoms with Crippen LogP contribution in [0.15, 0.2) is 0 Å². The van der Waals surface area contributed by atoms with Crippen molar-refractivity contribution < 1.29 is 0 Å². The third-order valence-corrected chi connectivity index (χ3v) is 5.49. The van der Waals surface area contributed by atoms with Gasteiger partial charge in [0.2, 0.25) is 0 Å². The number of hydrogen-bond donors (Lipinski definition) is 0. The molecule has 1 aliphatic carbocycles. The summed E-state index contributed by atoms with van der Waals surface area (Å²) >= 11 is 0. The van der Waals surface area contributed by atoms with Crippen molar-refractivity contribution in [1.29, 1.82) is 0 Å². The standard InChI is InChI=1S/C13H26/c1-8-13(10(4)11(13)5)12(6,7)9(2)3/h9-11H,8H2,1-7H3. The fourth-order valence-electron chi connectivity index (χ4n) is 3.67. The molecule has 1 saturated carbocycles. The second-order valence-corrected chi connectivity index (χ2v) is 5.85. The summed E-state index contributed by atoms with van der Waals surface area (Å²) in [5.74, 6) is 2.64. The first kappa shape index (κ1) is 11.1. The van der Waals surface area contributed by atoms with E-state index >= 15 is 0 Å². The van der Waals surface area contributed by atoms with Crippen LogP contribution in [0.25, 0.3) is 0 Å². The van der Waals surface area contributed by atoms with Crippen LogP contribution < -0.4 is 0 Å². The summed E-state index contributed by atoms with van der Waals surface area (Å²) in [6, 6.07) is 0. The molecule has 2 unspecified atom stereocenters. The number of rotatable bonds is 3. The summed E-state index contributed by atoms with van der Waals surface area (Å²) in [6.07, 6.45) is 1.35. The number of hydrogen-bond acceptors (Lipinski definition) is 0. The van der Waals surface area contributed by atoms with Gasteiger partial charge in [0.15, 0.2) is 0 Å². The Morgan fingerprint density at radius 1 is 1.15 bits per heavy atom. The fraction of sp³-hybridized carbons (Fsp3) is 1.00. The largest absolute Gasteiger partial charge is 0.0648 e. The molecule has 2 atom stereocenters. The second-order valence-electron chi connectivity index (χ2n) is 5.85. The molecule has 0 N–H and O–H groups in total. The Morgan fingerprint density at radius 2 is 1.54 bits per heavy atom. The first-order valence-electron chi connectivity index (χ1n) is 5.82. The van der Waals surface area contributed by atoms with Gasteiger partial charge in [-0.2, -0.15) is 0 Å². The molecule has 0 radical (unpaired) electrons. The van der Waals surface area contributed by atoms with Crippen molar-refractivity contribution in [1.82, 2.24) is 0 Å². The minimum absolute atomic E-state index is 0.501. The molecule has 0 nitrogen and oxygen atoms in total. The normalized spacial score (nSPS) is 39.7. The summed E-state index contributed by atoms with van der Waals surface area (Å²) in [6.45, 7) is 16.9. The van der Waals surface area contributed by atoms with E-state index in [0.717, 1.165) is 17.8 Å². The average Bonchev–Trinajstić information content (AvgIpc) is 2.56. The molecule has 78 valence electrons. The van der Waals surface area contributed by atoms with Crippen molar-refractivity contribution >= 4 is 0 Å². The highest BCUT2D eigenvalue weighted by Crippen LogP contribution is 2.71. The van der Waals surface area contributed by atoms with Crippen molar-refractivity contribution in [2.24, 2.45) is 28.6 Å². The van der Waals surface area contributed by atoms with Crippen molar-refractivity contribution in [2.45, 2.75) is 54.9 Å². The molecule has 1 aliphatic rings. The molecule has 0 aromatic rings. The molecule has 0 heterocycles. The van der Waals surface area contributed by atoms with Gasteiger partial charge >= 0.3 is 0 Å². The highest BCUT2D eigenvalue weighted by molar-refractivity contribution is 5.13. The van der Waals surface area contributed by atoms with E-state index in [-0.39, 0.29) is 0 Å². The highest BCUT2D eigenvalue weighted by Gasteiger charge is 2.65. The maximum Gasteiger partial charge on any atom is -0.0190 e. The molecular formula is C13H26. The molecular weight excluding hydrogens is 156 g/mol. The average molecular weight is 182 g/mol. The predicted octanol–water partition coefficient (Wildman–Crippen LogP) is 4.35. The third-order valence-electron chi connectivity index (χ3n) is 5.49. The summed E-state index contributed by atoms with van der Waals surface area (Å²) in [7, 11) is 0. The highest BCUT2D eigenvalue weighted by atomic mass is 14.7. The van der Waals surface area contributed by atoms with Gasteiger partial charge < -0.3 is 0 Å². The quantitative estimate of drug-likeness (QED) is 0.608. The molecule has 0 aromatic heterocycles. The van der Waals surface area contributed by atoms with Crippen LogP contribution in [0.2, 0.25) is 0 Å². The fourth-order valence-corrected chi connectivity index (χ4v) is 3.67. The minimum Gasteiger partial charge on any atom is -0.0648 e. The molecule has 1 rings (SSSR count). The zero-order chi connectivity index (χ0) is 10.4. The van der Waals surface area contributed by atoms with Crippen LogP contribution in [0.3, 0.4) is 0 Å². The van der Waals surface area contributed by atoms with Crippen LogP contribution in [0.1, 0.15) is 54.9 Å². The van der Waals surface area contributed by atoms with Gasteiger partial charge in [-0.3, -0.25) is 0 Å². The molecule has 0 saturated heterocycles. The molecule has 0 heteroatoms. The lowest BCUT2D eigenvalue weighted by Gasteiger charge is -2.40. The Balaban J connectivity index is 2.92. The van der Waals surface area contributed by atoms with Gasteiger partial charge in [0, 0.05) is 0 Å². The van der Waals surface area contributed by atoms with Crippen molar-refractivity contribution in [2.75, 3.05) is 0 Å². The van der Waals surface area contributed by atoms with Crippen LogP contribution in [0.5, 0.6) is 0 Å². The Kier molecular flexibility index (Phi) is 2.56. The second kappa shape index (κ2) is 3.00. The first-order chi connectivity index (χ1) is 5.82. The van der Waals surface area contributed by atoms with Crippen LogP contribution >= 0.6 is 0 Å².